The SMILES string of the molecule is CCNC(=NCC(=O)Nc1ccc(O)cc1)NC1CCN(c2ccc(C)cn2)CC1. The van der Waals surface area contributed by atoms with Gasteiger partial charge in [0.05, 0.1) is 0 Å². The van der Waals surface area contributed by atoms with Crippen LogP contribution in [0.15, 0.2) is 47.6 Å². The molecule has 3 rings (SSSR count). The highest BCUT2D eigenvalue weighted by Crippen LogP contribution is 2.18. The molecule has 4 N–H and O–H groups in total. The standard InChI is InChI=1S/C22H30N6O2/c1-3-23-22(25-15-21(30)26-17-5-7-19(29)8-6-17)27-18-10-12-28(13-11-18)20-9-4-16(2)14-24-20/h4-9,14,18,29H,3,10-13,15H2,1-2H3,(H,26,30)(H2,23,25,27). The summed E-state index contributed by atoms with van der Waals surface area (Å²) in [6, 6.07) is 10.8. The van der Waals surface area contributed by atoms with Gasteiger partial charge in [-0.15, -0.1) is 0 Å². The van der Waals surface area contributed by atoms with E-state index in [1.165, 1.54) is 12.1 Å². The first-order valence-corrected chi connectivity index (χ1v) is 10.3. The Morgan fingerprint density at radius 1 is 1.20 bits per heavy atom. The fraction of sp³-hybridized carbons (Fsp3) is 0.409. The largest absolute Gasteiger partial charge is 0.508 e. The van der Waals surface area contributed by atoms with E-state index in [0.29, 0.717) is 17.7 Å². The van der Waals surface area contributed by atoms with E-state index in [0.717, 1.165) is 43.9 Å². The molecule has 2 aromatic rings. The van der Waals surface area contributed by atoms with Crippen molar-refractivity contribution in [1.29, 1.82) is 0 Å². The van der Waals surface area contributed by atoms with Crippen molar-refractivity contribution in [2.75, 3.05) is 36.4 Å². The van der Waals surface area contributed by atoms with E-state index in [2.05, 4.69) is 43.0 Å². The number of pyridine rings is 1. The van der Waals surface area contributed by atoms with E-state index < -0.39 is 0 Å². The Bertz CT molecular complexity index is 843. The van der Waals surface area contributed by atoms with E-state index in [1.54, 1.807) is 12.1 Å². The minimum atomic E-state index is -0.210. The summed E-state index contributed by atoms with van der Waals surface area (Å²) in [5.74, 6) is 1.61. The highest BCUT2D eigenvalue weighted by atomic mass is 16.3. The van der Waals surface area contributed by atoms with Crippen LogP contribution < -0.4 is 20.9 Å². The number of amides is 1. The zero-order chi connectivity index (χ0) is 21.3. The Kier molecular flexibility index (Phi) is 7.48. The quantitative estimate of drug-likeness (QED) is 0.331. The third-order valence-corrected chi connectivity index (χ3v) is 4.93. The van der Waals surface area contributed by atoms with Gasteiger partial charge in [-0.05, 0) is 62.6 Å². The van der Waals surface area contributed by atoms with Crippen LogP contribution in [0.4, 0.5) is 11.5 Å². The first kappa shape index (κ1) is 21.4. The van der Waals surface area contributed by atoms with Gasteiger partial charge < -0.3 is 26.0 Å². The van der Waals surface area contributed by atoms with Crippen LogP contribution in [-0.4, -0.2) is 54.2 Å². The lowest BCUT2D eigenvalue weighted by molar-refractivity contribution is -0.114. The first-order chi connectivity index (χ1) is 14.5. The van der Waals surface area contributed by atoms with Crippen molar-refractivity contribution in [2.45, 2.75) is 32.7 Å². The molecule has 1 aromatic carbocycles. The van der Waals surface area contributed by atoms with Crippen molar-refractivity contribution in [2.24, 2.45) is 4.99 Å². The summed E-state index contributed by atoms with van der Waals surface area (Å²) in [5.41, 5.74) is 1.79. The molecular formula is C22H30N6O2. The highest BCUT2D eigenvalue weighted by molar-refractivity contribution is 5.94. The molecule has 160 valence electrons. The van der Waals surface area contributed by atoms with Gasteiger partial charge in [-0.25, -0.2) is 9.98 Å². The number of aryl methyl sites for hydroxylation is 1. The fourth-order valence-corrected chi connectivity index (χ4v) is 3.31. The Hall–Kier alpha value is -3.29. The molecule has 1 aliphatic heterocycles. The Balaban J connectivity index is 1.49. The number of hydrogen-bond acceptors (Lipinski definition) is 5. The normalized spacial score (nSPS) is 15.0. The molecule has 0 atom stereocenters. The number of phenolic OH excluding ortho intramolecular Hbond substituents is 1. The number of guanidine groups is 1. The van der Waals surface area contributed by atoms with Crippen LogP contribution in [0.2, 0.25) is 0 Å². The Morgan fingerprint density at radius 2 is 1.93 bits per heavy atom. The number of aliphatic imine (C=N–C) groups is 1. The number of hydrogen-bond donors (Lipinski definition) is 4. The van der Waals surface area contributed by atoms with Crippen LogP contribution >= 0.6 is 0 Å². The van der Waals surface area contributed by atoms with Crippen LogP contribution in [0, 0.1) is 6.92 Å². The summed E-state index contributed by atoms with van der Waals surface area (Å²) in [6.45, 7) is 6.63. The number of nitrogens with zero attached hydrogens (tertiary/aromatic N) is 3. The topological polar surface area (TPSA) is 102 Å². The molecule has 0 radical (unpaired) electrons. The van der Waals surface area contributed by atoms with Gasteiger partial charge in [0.25, 0.3) is 0 Å². The van der Waals surface area contributed by atoms with Crippen molar-refractivity contribution in [3.8, 4) is 5.75 Å². The predicted molar refractivity (Wildman–Crippen MR) is 120 cm³/mol. The fourth-order valence-electron chi connectivity index (χ4n) is 3.31. The number of carbonyl (C=O) groups is 1. The third kappa shape index (κ3) is 6.37. The molecule has 1 saturated heterocycles. The highest BCUT2D eigenvalue weighted by Gasteiger charge is 2.21. The second-order valence-corrected chi connectivity index (χ2v) is 7.39. The van der Waals surface area contributed by atoms with Crippen LogP contribution in [0.1, 0.15) is 25.3 Å². The van der Waals surface area contributed by atoms with Gasteiger partial charge in [-0.2, -0.15) is 0 Å². The second kappa shape index (κ2) is 10.5. The molecule has 0 spiro atoms. The van der Waals surface area contributed by atoms with Gasteiger partial charge in [0, 0.05) is 37.6 Å². The molecule has 0 saturated carbocycles. The molecule has 2 heterocycles. The van der Waals surface area contributed by atoms with Crippen LogP contribution in [-0.2, 0) is 4.79 Å². The summed E-state index contributed by atoms with van der Waals surface area (Å²) in [5, 5.41) is 18.7. The zero-order valence-electron chi connectivity index (χ0n) is 17.6. The molecule has 30 heavy (non-hydrogen) atoms. The van der Waals surface area contributed by atoms with Crippen molar-refractivity contribution in [3.63, 3.8) is 0 Å². The Labute approximate surface area is 177 Å². The number of piperidine rings is 1. The molecule has 0 unspecified atom stereocenters. The van der Waals surface area contributed by atoms with Crippen molar-refractivity contribution in [3.05, 3.63) is 48.2 Å². The zero-order valence-corrected chi connectivity index (χ0v) is 17.6. The van der Waals surface area contributed by atoms with Gasteiger partial charge in [0.1, 0.15) is 18.1 Å². The molecule has 1 amide bonds. The molecule has 1 fully saturated rings. The lowest BCUT2D eigenvalue weighted by atomic mass is 10.1. The maximum Gasteiger partial charge on any atom is 0.246 e. The number of nitrogens with one attached hydrogen (secondary N) is 3. The minimum absolute atomic E-state index is 0.0162. The van der Waals surface area contributed by atoms with Crippen LogP contribution in [0.5, 0.6) is 5.75 Å². The van der Waals surface area contributed by atoms with E-state index in [-0.39, 0.29) is 18.2 Å². The number of anilines is 2. The number of phenols is 1. The number of aromatic hydroxyl groups is 1. The third-order valence-electron chi connectivity index (χ3n) is 4.93. The van der Waals surface area contributed by atoms with Gasteiger partial charge in [-0.1, -0.05) is 6.07 Å². The van der Waals surface area contributed by atoms with Crippen molar-refractivity contribution in [1.82, 2.24) is 15.6 Å². The van der Waals surface area contributed by atoms with Crippen molar-refractivity contribution < 1.29 is 9.90 Å². The predicted octanol–water partition coefficient (Wildman–Crippen LogP) is 2.26. The molecule has 1 aliphatic rings. The van der Waals surface area contributed by atoms with Gasteiger partial charge in [0.15, 0.2) is 5.96 Å². The van der Waals surface area contributed by atoms with Gasteiger partial charge in [0.2, 0.25) is 5.91 Å². The summed E-state index contributed by atoms with van der Waals surface area (Å²) in [4.78, 5) is 23.4. The van der Waals surface area contributed by atoms with Crippen molar-refractivity contribution >= 4 is 23.4 Å². The summed E-state index contributed by atoms with van der Waals surface area (Å²) < 4.78 is 0. The van der Waals surface area contributed by atoms with E-state index in [1.807, 2.05) is 20.0 Å². The van der Waals surface area contributed by atoms with Gasteiger partial charge >= 0.3 is 0 Å². The molecule has 8 nitrogen and oxygen atoms in total. The maximum absolute atomic E-state index is 12.2. The smallest absolute Gasteiger partial charge is 0.246 e. The molecule has 0 aliphatic carbocycles. The lowest BCUT2D eigenvalue weighted by Crippen LogP contribution is -2.49. The number of rotatable bonds is 6. The van der Waals surface area contributed by atoms with E-state index >= 15 is 0 Å². The molecule has 1 aromatic heterocycles. The maximum atomic E-state index is 12.2. The van der Waals surface area contributed by atoms with E-state index in [4.69, 9.17) is 0 Å². The summed E-state index contributed by atoms with van der Waals surface area (Å²) >= 11 is 0. The summed E-state index contributed by atoms with van der Waals surface area (Å²) in [7, 11) is 0. The Morgan fingerprint density at radius 3 is 2.57 bits per heavy atom. The monoisotopic (exact) mass is 410 g/mol. The molecule has 8 heteroatoms. The molecular weight excluding hydrogens is 380 g/mol. The van der Waals surface area contributed by atoms with Crippen LogP contribution in [0.25, 0.3) is 0 Å². The lowest BCUT2D eigenvalue weighted by Gasteiger charge is -2.33. The van der Waals surface area contributed by atoms with Crippen LogP contribution in [0.3, 0.4) is 0 Å². The number of aromatic nitrogens is 1. The summed E-state index contributed by atoms with van der Waals surface area (Å²) in [6.07, 6.45) is 3.85. The van der Waals surface area contributed by atoms with E-state index in [9.17, 15) is 9.90 Å². The second-order valence-electron chi connectivity index (χ2n) is 7.39. The van der Waals surface area contributed by atoms with Gasteiger partial charge in [-0.3, -0.25) is 4.79 Å². The number of benzene rings is 1. The average Bonchev–Trinajstić information content (AvgIpc) is 2.75. The number of carbonyl (C=O) groups excluding carboxylic acids is 1. The average molecular weight is 411 g/mol. The minimum Gasteiger partial charge on any atom is -0.508 e. The first-order valence-electron chi connectivity index (χ1n) is 10.3. The molecule has 0 bridgehead atoms.